The van der Waals surface area contributed by atoms with E-state index in [0.29, 0.717) is 37.3 Å². The van der Waals surface area contributed by atoms with Crippen molar-refractivity contribution in [3.05, 3.63) is 60.4 Å². The first-order valence-electron chi connectivity index (χ1n) is 12.0. The fourth-order valence-corrected chi connectivity index (χ4v) is 4.41. The number of aromatic nitrogens is 4. The number of hydrogen-bond acceptors (Lipinski definition) is 7. The van der Waals surface area contributed by atoms with Crippen molar-refractivity contribution < 1.29 is 22.7 Å². The summed E-state index contributed by atoms with van der Waals surface area (Å²) in [5, 5.41) is 3.21. The van der Waals surface area contributed by atoms with Gasteiger partial charge < -0.3 is 19.9 Å². The molecule has 38 heavy (non-hydrogen) atoms. The summed E-state index contributed by atoms with van der Waals surface area (Å²) in [5.74, 6) is 0.828. The predicted molar refractivity (Wildman–Crippen MR) is 136 cm³/mol. The number of imidazole rings is 1. The highest BCUT2D eigenvalue weighted by Crippen LogP contribution is 2.27. The minimum absolute atomic E-state index is 0.276. The van der Waals surface area contributed by atoms with E-state index in [4.69, 9.17) is 4.74 Å². The number of halogens is 3. The largest absolute Gasteiger partial charge is 0.481 e. The van der Waals surface area contributed by atoms with Crippen LogP contribution in [0.2, 0.25) is 0 Å². The quantitative estimate of drug-likeness (QED) is 0.370. The Morgan fingerprint density at radius 1 is 1.03 bits per heavy atom. The number of hydrogen-bond donors (Lipinski definition) is 2. The minimum atomic E-state index is -4.48. The highest BCUT2D eigenvalue weighted by Gasteiger charge is 2.34. The van der Waals surface area contributed by atoms with Crippen LogP contribution >= 0.6 is 0 Å². The van der Waals surface area contributed by atoms with Crippen LogP contribution in [0, 0.1) is 0 Å². The average Bonchev–Trinajstić information content (AvgIpc) is 3.30. The monoisotopic (exact) mass is 525 g/mol. The Morgan fingerprint density at radius 3 is 2.55 bits per heavy atom. The predicted octanol–water partition coefficient (Wildman–Crippen LogP) is 4.37. The van der Waals surface area contributed by atoms with Gasteiger partial charge in [0.1, 0.15) is 12.2 Å². The van der Waals surface area contributed by atoms with Crippen LogP contribution in [0.5, 0.6) is 5.88 Å². The second-order valence-corrected chi connectivity index (χ2v) is 9.03. The standard InChI is InChI=1S/C26H26F3N7O2/c1-38-23-14-19(5-7-31-23)18-2-3-20-21(13-18)33-25(32-20)34-22-12-17(4-6-30-22)16-35-8-10-36(11-9-35)24(37)15-26(27,28)29/h2-7,12-14H,8-11,15-16H2,1H3,(H2,30,32,33,34). The second kappa shape index (κ2) is 10.7. The summed E-state index contributed by atoms with van der Waals surface area (Å²) in [6.45, 7) is 2.15. The highest BCUT2D eigenvalue weighted by molar-refractivity contribution is 5.84. The lowest BCUT2D eigenvalue weighted by Gasteiger charge is -2.35. The van der Waals surface area contributed by atoms with Crippen LogP contribution in [-0.4, -0.2) is 75.1 Å². The number of fused-ring (bicyclic) bond motifs is 1. The first kappa shape index (κ1) is 25.5. The van der Waals surface area contributed by atoms with Gasteiger partial charge in [-0.3, -0.25) is 9.69 Å². The molecule has 0 bridgehead atoms. The van der Waals surface area contributed by atoms with Crippen LogP contribution in [0.25, 0.3) is 22.2 Å². The number of aromatic amines is 1. The number of anilines is 2. The zero-order valence-corrected chi connectivity index (χ0v) is 20.6. The molecule has 1 aliphatic heterocycles. The van der Waals surface area contributed by atoms with E-state index in [1.807, 2.05) is 42.5 Å². The van der Waals surface area contributed by atoms with Crippen molar-refractivity contribution in [2.45, 2.75) is 19.1 Å². The normalized spacial score (nSPS) is 14.6. The fraction of sp³-hybridized carbons (Fsp3) is 0.308. The Labute approximate surface area is 216 Å². The average molecular weight is 526 g/mol. The van der Waals surface area contributed by atoms with Crippen LogP contribution in [0.4, 0.5) is 24.9 Å². The van der Waals surface area contributed by atoms with Gasteiger partial charge in [0.25, 0.3) is 0 Å². The first-order chi connectivity index (χ1) is 18.3. The number of carbonyl (C=O) groups is 1. The number of benzene rings is 1. The number of rotatable bonds is 7. The molecule has 198 valence electrons. The molecule has 3 aromatic heterocycles. The van der Waals surface area contributed by atoms with E-state index in [1.165, 1.54) is 4.90 Å². The van der Waals surface area contributed by atoms with Crippen molar-refractivity contribution in [1.82, 2.24) is 29.7 Å². The molecule has 1 amide bonds. The summed E-state index contributed by atoms with van der Waals surface area (Å²) in [5.41, 5.74) is 4.61. The lowest BCUT2D eigenvalue weighted by atomic mass is 10.1. The maximum absolute atomic E-state index is 12.5. The number of ether oxygens (including phenoxy) is 1. The third-order valence-electron chi connectivity index (χ3n) is 6.31. The molecule has 1 aromatic carbocycles. The SMILES string of the molecule is COc1cc(-c2ccc3nc(Nc4cc(CN5CCN(C(=O)CC(F)(F)F)CC5)ccn4)[nH]c3c2)ccn1. The summed E-state index contributed by atoms with van der Waals surface area (Å²) in [6, 6.07) is 13.5. The maximum Gasteiger partial charge on any atom is 0.397 e. The molecule has 1 fully saturated rings. The molecule has 12 heteroatoms. The van der Waals surface area contributed by atoms with Crippen molar-refractivity contribution in [3.8, 4) is 17.0 Å². The number of alkyl halides is 3. The van der Waals surface area contributed by atoms with E-state index in [2.05, 4.69) is 30.2 Å². The van der Waals surface area contributed by atoms with Crippen LogP contribution in [-0.2, 0) is 11.3 Å². The van der Waals surface area contributed by atoms with Crippen molar-refractivity contribution >= 4 is 28.7 Å². The van der Waals surface area contributed by atoms with Crippen LogP contribution < -0.4 is 10.1 Å². The Bertz CT molecular complexity index is 1430. The Balaban J connectivity index is 1.21. The van der Waals surface area contributed by atoms with Gasteiger partial charge in [-0.25, -0.2) is 15.0 Å². The molecule has 0 radical (unpaired) electrons. The van der Waals surface area contributed by atoms with E-state index in [9.17, 15) is 18.0 Å². The molecule has 5 rings (SSSR count). The Kier molecular flexibility index (Phi) is 7.14. The summed E-state index contributed by atoms with van der Waals surface area (Å²) >= 11 is 0. The molecule has 1 aliphatic rings. The van der Waals surface area contributed by atoms with Gasteiger partial charge in [0.15, 0.2) is 0 Å². The van der Waals surface area contributed by atoms with Crippen molar-refractivity contribution in [1.29, 1.82) is 0 Å². The van der Waals surface area contributed by atoms with Crippen LogP contribution in [0.1, 0.15) is 12.0 Å². The number of H-pyrrole nitrogens is 1. The topological polar surface area (TPSA) is 99.3 Å². The molecule has 0 aliphatic carbocycles. The molecular weight excluding hydrogens is 499 g/mol. The number of methoxy groups -OCH3 is 1. The van der Waals surface area contributed by atoms with Crippen molar-refractivity contribution in [2.24, 2.45) is 0 Å². The van der Waals surface area contributed by atoms with Crippen molar-refractivity contribution in [3.63, 3.8) is 0 Å². The molecule has 0 atom stereocenters. The highest BCUT2D eigenvalue weighted by atomic mass is 19.4. The number of pyridine rings is 2. The molecule has 2 N–H and O–H groups in total. The molecule has 4 heterocycles. The zero-order chi connectivity index (χ0) is 26.7. The van der Waals surface area contributed by atoms with E-state index in [1.54, 1.807) is 19.5 Å². The van der Waals surface area contributed by atoms with Crippen LogP contribution in [0.3, 0.4) is 0 Å². The third-order valence-corrected chi connectivity index (χ3v) is 6.31. The molecule has 0 saturated carbocycles. The van der Waals surface area contributed by atoms with E-state index < -0.39 is 18.5 Å². The number of amides is 1. The third kappa shape index (κ3) is 6.20. The molecule has 1 saturated heterocycles. The lowest BCUT2D eigenvalue weighted by Crippen LogP contribution is -2.49. The zero-order valence-electron chi connectivity index (χ0n) is 20.6. The number of nitrogens with one attached hydrogen (secondary N) is 2. The number of carbonyl (C=O) groups excluding carboxylic acids is 1. The van der Waals surface area contributed by atoms with Gasteiger partial charge >= 0.3 is 6.18 Å². The lowest BCUT2D eigenvalue weighted by molar-refractivity contribution is -0.162. The maximum atomic E-state index is 12.5. The molecule has 0 spiro atoms. The number of piperazine rings is 1. The summed E-state index contributed by atoms with van der Waals surface area (Å²) < 4.78 is 42.7. The van der Waals surface area contributed by atoms with Gasteiger partial charge in [0.2, 0.25) is 17.7 Å². The summed E-state index contributed by atoms with van der Waals surface area (Å²) in [4.78, 5) is 31.6. The minimum Gasteiger partial charge on any atom is -0.481 e. The summed E-state index contributed by atoms with van der Waals surface area (Å²) in [7, 11) is 1.58. The van der Waals surface area contributed by atoms with E-state index >= 15 is 0 Å². The van der Waals surface area contributed by atoms with Gasteiger partial charge in [0.05, 0.1) is 18.1 Å². The van der Waals surface area contributed by atoms with Gasteiger partial charge in [-0.2, -0.15) is 13.2 Å². The van der Waals surface area contributed by atoms with E-state index in [0.717, 1.165) is 27.7 Å². The van der Waals surface area contributed by atoms with Gasteiger partial charge in [-0.05, 0) is 47.0 Å². The van der Waals surface area contributed by atoms with Gasteiger partial charge in [0, 0.05) is 51.2 Å². The fourth-order valence-electron chi connectivity index (χ4n) is 4.41. The summed E-state index contributed by atoms with van der Waals surface area (Å²) in [6.07, 6.45) is -2.50. The molecular formula is C26H26F3N7O2. The number of nitrogens with zero attached hydrogens (tertiary/aromatic N) is 5. The smallest absolute Gasteiger partial charge is 0.397 e. The Hall–Kier alpha value is -4.19. The van der Waals surface area contributed by atoms with E-state index in [-0.39, 0.29) is 13.1 Å². The molecule has 4 aromatic rings. The van der Waals surface area contributed by atoms with Gasteiger partial charge in [-0.1, -0.05) is 6.07 Å². The molecule has 9 nitrogen and oxygen atoms in total. The molecule has 0 unspecified atom stereocenters. The van der Waals surface area contributed by atoms with Crippen molar-refractivity contribution in [2.75, 3.05) is 38.6 Å². The van der Waals surface area contributed by atoms with Gasteiger partial charge in [-0.15, -0.1) is 0 Å². The first-order valence-corrected chi connectivity index (χ1v) is 12.0. The second-order valence-electron chi connectivity index (χ2n) is 9.03. The Morgan fingerprint density at radius 2 is 1.79 bits per heavy atom. The van der Waals surface area contributed by atoms with Crippen LogP contribution in [0.15, 0.2) is 54.9 Å².